The summed E-state index contributed by atoms with van der Waals surface area (Å²) in [5, 5.41) is 7.83. The lowest BCUT2D eigenvalue weighted by molar-refractivity contribution is 0.607. The van der Waals surface area contributed by atoms with Crippen molar-refractivity contribution in [1.29, 1.82) is 0 Å². The molecule has 0 aliphatic carbocycles. The van der Waals surface area contributed by atoms with Crippen LogP contribution in [0.3, 0.4) is 0 Å². The average molecular weight is 217 g/mol. The van der Waals surface area contributed by atoms with E-state index >= 15 is 0 Å². The molecule has 4 heteroatoms. The molecule has 0 radical (unpaired) electrons. The van der Waals surface area contributed by atoms with Crippen LogP contribution in [0, 0.1) is 5.82 Å². The van der Waals surface area contributed by atoms with Crippen molar-refractivity contribution in [2.24, 2.45) is 0 Å². The van der Waals surface area contributed by atoms with Gasteiger partial charge < -0.3 is 0 Å². The molecule has 3 nitrogen and oxygen atoms in total. The van der Waals surface area contributed by atoms with Crippen LogP contribution in [0.1, 0.15) is 19.0 Å². The highest BCUT2D eigenvalue weighted by atomic mass is 19.1. The number of aromatic nitrogens is 3. The molecule has 1 aromatic carbocycles. The molecule has 0 atom stereocenters. The summed E-state index contributed by atoms with van der Waals surface area (Å²) in [7, 11) is 0. The van der Waals surface area contributed by atoms with Crippen LogP contribution in [-0.2, 0) is 0 Å². The van der Waals surface area contributed by atoms with Gasteiger partial charge in [-0.15, -0.1) is 5.10 Å². The zero-order valence-electron chi connectivity index (χ0n) is 9.02. The van der Waals surface area contributed by atoms with Crippen molar-refractivity contribution >= 4 is 5.57 Å². The van der Waals surface area contributed by atoms with E-state index in [4.69, 9.17) is 0 Å². The lowest BCUT2D eigenvalue weighted by atomic mass is 10.2. The Morgan fingerprint density at radius 1 is 1.44 bits per heavy atom. The molecule has 16 heavy (non-hydrogen) atoms. The molecule has 82 valence electrons. The van der Waals surface area contributed by atoms with Crippen LogP contribution >= 0.6 is 0 Å². The van der Waals surface area contributed by atoms with Crippen LogP contribution < -0.4 is 0 Å². The van der Waals surface area contributed by atoms with Crippen molar-refractivity contribution in [2.75, 3.05) is 0 Å². The fraction of sp³-hybridized carbons (Fsp3) is 0.167. The number of nitrogens with zero attached hydrogens (tertiary/aromatic N) is 3. The number of benzene rings is 1. The Morgan fingerprint density at radius 3 is 2.88 bits per heavy atom. The predicted molar refractivity (Wildman–Crippen MR) is 60.6 cm³/mol. The molecule has 0 saturated heterocycles. The molecule has 1 heterocycles. The molecule has 0 N–H and O–H groups in total. The summed E-state index contributed by atoms with van der Waals surface area (Å²) in [5.41, 5.74) is 1.98. The molecule has 0 fully saturated rings. The van der Waals surface area contributed by atoms with Gasteiger partial charge in [0.15, 0.2) is 0 Å². The maximum atomic E-state index is 13.5. The van der Waals surface area contributed by atoms with Crippen LogP contribution in [0.15, 0.2) is 37.0 Å². The van der Waals surface area contributed by atoms with Gasteiger partial charge in [-0.2, -0.15) is 0 Å². The van der Waals surface area contributed by atoms with E-state index in [-0.39, 0.29) is 5.82 Å². The second-order valence-electron chi connectivity index (χ2n) is 3.46. The van der Waals surface area contributed by atoms with Crippen molar-refractivity contribution in [3.63, 3.8) is 0 Å². The van der Waals surface area contributed by atoms with E-state index in [2.05, 4.69) is 16.9 Å². The van der Waals surface area contributed by atoms with Crippen molar-refractivity contribution < 1.29 is 4.39 Å². The summed E-state index contributed by atoms with van der Waals surface area (Å²) >= 11 is 0. The van der Waals surface area contributed by atoms with E-state index < -0.39 is 0 Å². The Labute approximate surface area is 93.2 Å². The van der Waals surface area contributed by atoms with Gasteiger partial charge in [-0.25, -0.2) is 9.07 Å². The molecule has 0 aliphatic rings. The minimum atomic E-state index is -0.318. The molecular weight excluding hydrogens is 205 g/mol. The van der Waals surface area contributed by atoms with Crippen molar-refractivity contribution in [3.8, 4) is 5.69 Å². The van der Waals surface area contributed by atoms with E-state index in [1.807, 2.05) is 6.92 Å². The minimum Gasteiger partial charge on any atom is -0.217 e. The summed E-state index contributed by atoms with van der Waals surface area (Å²) < 4.78 is 14.9. The van der Waals surface area contributed by atoms with Gasteiger partial charge in [0.1, 0.15) is 17.2 Å². The van der Waals surface area contributed by atoms with Gasteiger partial charge in [0, 0.05) is 0 Å². The monoisotopic (exact) mass is 217 g/mol. The van der Waals surface area contributed by atoms with E-state index in [0.717, 1.165) is 12.0 Å². The second-order valence-corrected chi connectivity index (χ2v) is 3.46. The highest BCUT2D eigenvalue weighted by Gasteiger charge is 2.07. The highest BCUT2D eigenvalue weighted by Crippen LogP contribution is 2.16. The van der Waals surface area contributed by atoms with Gasteiger partial charge in [0.2, 0.25) is 0 Å². The molecule has 0 amide bonds. The van der Waals surface area contributed by atoms with E-state index in [1.54, 1.807) is 24.4 Å². The Kier molecular flexibility index (Phi) is 2.81. The number of hydrogen-bond donors (Lipinski definition) is 0. The van der Waals surface area contributed by atoms with E-state index in [1.165, 1.54) is 10.7 Å². The summed E-state index contributed by atoms with van der Waals surface area (Å²) in [6.07, 6.45) is 2.49. The molecule has 0 aliphatic heterocycles. The number of rotatable bonds is 3. The third-order valence-corrected chi connectivity index (χ3v) is 2.38. The number of para-hydroxylation sites is 1. The Balaban J connectivity index is 2.39. The SMILES string of the molecule is C=C(CC)c1cn(-c2ccccc2F)nn1. The second kappa shape index (κ2) is 4.26. The number of allylic oxidation sites excluding steroid dienone is 1. The lowest BCUT2D eigenvalue weighted by Crippen LogP contribution is -1.97. The van der Waals surface area contributed by atoms with Crippen LogP contribution in [0.5, 0.6) is 0 Å². The first kappa shape index (κ1) is 10.5. The zero-order valence-corrected chi connectivity index (χ0v) is 9.02. The number of hydrogen-bond acceptors (Lipinski definition) is 2. The Morgan fingerprint density at radius 2 is 2.19 bits per heavy atom. The lowest BCUT2D eigenvalue weighted by Gasteiger charge is -2.00. The van der Waals surface area contributed by atoms with Crippen LogP contribution in [-0.4, -0.2) is 15.0 Å². The normalized spacial score (nSPS) is 10.4. The smallest absolute Gasteiger partial charge is 0.148 e. The number of halogens is 1. The largest absolute Gasteiger partial charge is 0.217 e. The summed E-state index contributed by atoms with van der Waals surface area (Å²) in [6, 6.07) is 6.45. The molecule has 0 unspecified atom stereocenters. The van der Waals surface area contributed by atoms with Gasteiger partial charge in [-0.1, -0.05) is 30.8 Å². The van der Waals surface area contributed by atoms with Gasteiger partial charge in [-0.05, 0) is 24.1 Å². The van der Waals surface area contributed by atoms with Gasteiger partial charge in [-0.3, -0.25) is 0 Å². The highest BCUT2D eigenvalue weighted by molar-refractivity contribution is 5.58. The molecule has 1 aromatic heterocycles. The maximum Gasteiger partial charge on any atom is 0.148 e. The van der Waals surface area contributed by atoms with Crippen LogP contribution in [0.2, 0.25) is 0 Å². The zero-order chi connectivity index (χ0) is 11.5. The average Bonchev–Trinajstić information content (AvgIpc) is 2.78. The first-order valence-corrected chi connectivity index (χ1v) is 5.07. The maximum absolute atomic E-state index is 13.5. The van der Waals surface area contributed by atoms with Gasteiger partial charge in [0.25, 0.3) is 0 Å². The molecule has 0 spiro atoms. The molecule has 0 saturated carbocycles. The van der Waals surface area contributed by atoms with Crippen LogP contribution in [0.4, 0.5) is 4.39 Å². The third-order valence-electron chi connectivity index (χ3n) is 2.38. The Hall–Kier alpha value is -1.97. The van der Waals surface area contributed by atoms with E-state index in [0.29, 0.717) is 11.4 Å². The Bertz CT molecular complexity index is 516. The summed E-state index contributed by atoms with van der Waals surface area (Å²) in [6.45, 7) is 5.85. The summed E-state index contributed by atoms with van der Waals surface area (Å²) in [5.74, 6) is -0.318. The van der Waals surface area contributed by atoms with Gasteiger partial charge in [0.05, 0.1) is 6.20 Å². The standard InChI is InChI=1S/C12H12FN3/c1-3-9(2)11-8-16(15-14-11)12-7-5-4-6-10(12)13/h4-8H,2-3H2,1H3. The molecule has 0 bridgehead atoms. The summed E-state index contributed by atoms with van der Waals surface area (Å²) in [4.78, 5) is 0. The first-order valence-electron chi connectivity index (χ1n) is 5.07. The first-order chi connectivity index (χ1) is 7.72. The van der Waals surface area contributed by atoms with Crippen LogP contribution in [0.25, 0.3) is 11.3 Å². The van der Waals surface area contributed by atoms with Crippen molar-refractivity contribution in [1.82, 2.24) is 15.0 Å². The molecule has 2 aromatic rings. The quantitative estimate of drug-likeness (QED) is 0.791. The van der Waals surface area contributed by atoms with Gasteiger partial charge >= 0.3 is 0 Å². The van der Waals surface area contributed by atoms with Crippen molar-refractivity contribution in [2.45, 2.75) is 13.3 Å². The fourth-order valence-electron chi connectivity index (χ4n) is 1.36. The topological polar surface area (TPSA) is 30.7 Å². The third kappa shape index (κ3) is 1.86. The minimum absolute atomic E-state index is 0.318. The van der Waals surface area contributed by atoms with Crippen molar-refractivity contribution in [3.05, 3.63) is 48.6 Å². The predicted octanol–water partition coefficient (Wildman–Crippen LogP) is 2.83. The fourth-order valence-corrected chi connectivity index (χ4v) is 1.36. The molecular formula is C12H12FN3. The van der Waals surface area contributed by atoms with E-state index in [9.17, 15) is 4.39 Å². The molecule has 2 rings (SSSR count).